The third kappa shape index (κ3) is 4.06. The molecule has 0 radical (unpaired) electrons. The second-order valence-corrected chi connectivity index (χ2v) is 8.34. The molecule has 0 aliphatic heterocycles. The Kier molecular flexibility index (Phi) is 6.38. The Hall–Kier alpha value is -2.36. The predicted molar refractivity (Wildman–Crippen MR) is 109 cm³/mol. The van der Waals surface area contributed by atoms with Crippen LogP contribution in [0.25, 0.3) is 10.2 Å². The zero-order chi connectivity index (χ0) is 20.1. The molecule has 0 atom stereocenters. The van der Waals surface area contributed by atoms with E-state index in [0.29, 0.717) is 36.1 Å². The molecule has 0 bridgehead atoms. The molecule has 0 saturated carbocycles. The molecule has 1 aromatic heterocycles. The number of rotatable bonds is 8. The Morgan fingerprint density at radius 3 is 2.36 bits per heavy atom. The molecule has 0 aliphatic rings. The number of benzene rings is 2. The molecular weight excluding hydrogens is 400 g/mol. The number of nitrogens with zero attached hydrogens (tertiary/aromatic N) is 2. The monoisotopic (exact) mass is 422 g/mol. The maximum Gasteiger partial charge on any atom is 0.285 e. The summed E-state index contributed by atoms with van der Waals surface area (Å²) in [6.45, 7) is 3.32. The van der Waals surface area contributed by atoms with Gasteiger partial charge in [-0.15, -0.1) is 4.40 Å². The van der Waals surface area contributed by atoms with Crippen molar-refractivity contribution in [3.8, 4) is 11.5 Å². The highest BCUT2D eigenvalue weighted by atomic mass is 32.2. The van der Waals surface area contributed by atoms with Crippen LogP contribution in [-0.4, -0.2) is 40.4 Å². The van der Waals surface area contributed by atoms with Gasteiger partial charge < -0.3 is 18.8 Å². The standard InChI is InChI=1S/C19H22N2O5S2/c1-4-26-13-12-21-17-15(24-2)10-11-16(25-3)18(17)27-19(21)20-28(22,23)14-8-6-5-7-9-14/h5-11H,4,12-13H2,1-3H3/b20-19-. The Morgan fingerprint density at radius 1 is 1.04 bits per heavy atom. The molecule has 0 aliphatic carbocycles. The van der Waals surface area contributed by atoms with E-state index >= 15 is 0 Å². The lowest BCUT2D eigenvalue weighted by atomic mass is 10.3. The minimum absolute atomic E-state index is 0.141. The normalized spacial score (nSPS) is 12.5. The van der Waals surface area contributed by atoms with Crippen molar-refractivity contribution in [1.29, 1.82) is 0 Å². The average Bonchev–Trinajstić information content (AvgIpc) is 3.05. The van der Waals surface area contributed by atoms with E-state index in [2.05, 4.69) is 4.40 Å². The Morgan fingerprint density at radius 2 is 1.71 bits per heavy atom. The number of aromatic nitrogens is 1. The molecule has 0 amide bonds. The number of methoxy groups -OCH3 is 2. The van der Waals surface area contributed by atoms with Crippen molar-refractivity contribution in [1.82, 2.24) is 4.57 Å². The van der Waals surface area contributed by atoms with E-state index in [1.54, 1.807) is 49.1 Å². The van der Waals surface area contributed by atoms with Crippen molar-refractivity contribution in [2.75, 3.05) is 27.4 Å². The SMILES string of the molecule is CCOCCn1/c(=N/S(=O)(=O)c2ccccc2)sc2c(OC)ccc(OC)c21. The van der Waals surface area contributed by atoms with Gasteiger partial charge in [-0.3, -0.25) is 0 Å². The van der Waals surface area contributed by atoms with Gasteiger partial charge in [-0.2, -0.15) is 8.42 Å². The van der Waals surface area contributed by atoms with Crippen LogP contribution in [0.15, 0.2) is 51.8 Å². The lowest BCUT2D eigenvalue weighted by Crippen LogP contribution is -2.20. The average molecular weight is 423 g/mol. The number of hydrogen-bond donors (Lipinski definition) is 0. The minimum atomic E-state index is -3.86. The van der Waals surface area contributed by atoms with Gasteiger partial charge in [-0.25, -0.2) is 0 Å². The highest BCUT2D eigenvalue weighted by molar-refractivity contribution is 7.90. The Bertz CT molecular complexity index is 1120. The number of sulfonamides is 1. The maximum absolute atomic E-state index is 12.8. The molecular formula is C19H22N2O5S2. The summed E-state index contributed by atoms with van der Waals surface area (Å²) in [5, 5.41) is 0. The largest absolute Gasteiger partial charge is 0.495 e. The van der Waals surface area contributed by atoms with Crippen LogP contribution in [-0.2, 0) is 21.3 Å². The Labute approximate surface area is 167 Å². The summed E-state index contributed by atoms with van der Waals surface area (Å²) in [5.74, 6) is 1.24. The van der Waals surface area contributed by atoms with Crippen molar-refractivity contribution in [2.24, 2.45) is 4.40 Å². The van der Waals surface area contributed by atoms with Gasteiger partial charge in [0.25, 0.3) is 10.0 Å². The first-order chi connectivity index (χ1) is 13.5. The second-order valence-electron chi connectivity index (χ2n) is 5.76. The van der Waals surface area contributed by atoms with Crippen LogP contribution in [0.4, 0.5) is 0 Å². The zero-order valence-electron chi connectivity index (χ0n) is 15.9. The van der Waals surface area contributed by atoms with Gasteiger partial charge >= 0.3 is 0 Å². The van der Waals surface area contributed by atoms with E-state index in [9.17, 15) is 8.42 Å². The van der Waals surface area contributed by atoms with Crippen LogP contribution in [0.1, 0.15) is 6.92 Å². The quantitative estimate of drug-likeness (QED) is 0.522. The predicted octanol–water partition coefficient (Wildman–Crippen LogP) is 3.05. The maximum atomic E-state index is 12.8. The minimum Gasteiger partial charge on any atom is -0.495 e. The van der Waals surface area contributed by atoms with Gasteiger partial charge in [0.1, 0.15) is 21.7 Å². The third-order valence-corrected chi connectivity index (χ3v) is 6.58. The molecule has 3 aromatic rings. The van der Waals surface area contributed by atoms with Gasteiger partial charge in [0.2, 0.25) is 4.80 Å². The van der Waals surface area contributed by atoms with Crippen LogP contribution >= 0.6 is 11.3 Å². The third-order valence-electron chi connectivity index (χ3n) is 4.10. The summed E-state index contributed by atoms with van der Waals surface area (Å²) < 4.78 is 48.7. The van der Waals surface area contributed by atoms with E-state index in [-0.39, 0.29) is 4.90 Å². The van der Waals surface area contributed by atoms with E-state index in [0.717, 1.165) is 10.2 Å². The molecule has 9 heteroatoms. The molecule has 28 heavy (non-hydrogen) atoms. The summed E-state index contributed by atoms with van der Waals surface area (Å²) in [6.07, 6.45) is 0. The number of ether oxygens (including phenoxy) is 3. The van der Waals surface area contributed by atoms with Crippen molar-refractivity contribution in [3.05, 3.63) is 47.3 Å². The van der Waals surface area contributed by atoms with Crippen molar-refractivity contribution in [2.45, 2.75) is 18.4 Å². The van der Waals surface area contributed by atoms with Gasteiger partial charge in [-0.1, -0.05) is 29.5 Å². The molecule has 0 N–H and O–H groups in total. The molecule has 0 spiro atoms. The fraction of sp³-hybridized carbons (Fsp3) is 0.316. The van der Waals surface area contributed by atoms with E-state index < -0.39 is 10.0 Å². The van der Waals surface area contributed by atoms with Crippen LogP contribution in [0.2, 0.25) is 0 Å². The van der Waals surface area contributed by atoms with Crippen molar-refractivity contribution >= 4 is 31.6 Å². The van der Waals surface area contributed by atoms with Crippen molar-refractivity contribution < 1.29 is 22.6 Å². The first-order valence-corrected chi connectivity index (χ1v) is 11.0. The fourth-order valence-electron chi connectivity index (χ4n) is 2.78. The topological polar surface area (TPSA) is 79.1 Å². The highest BCUT2D eigenvalue weighted by Crippen LogP contribution is 2.35. The summed E-state index contributed by atoms with van der Waals surface area (Å²) in [6, 6.07) is 11.7. The van der Waals surface area contributed by atoms with Crippen LogP contribution in [0, 0.1) is 0 Å². The van der Waals surface area contributed by atoms with E-state index in [1.165, 1.54) is 23.5 Å². The van der Waals surface area contributed by atoms with Gasteiger partial charge in [0, 0.05) is 13.2 Å². The molecule has 0 saturated heterocycles. The van der Waals surface area contributed by atoms with Gasteiger partial charge in [-0.05, 0) is 31.2 Å². The molecule has 3 rings (SSSR count). The first-order valence-electron chi connectivity index (χ1n) is 8.70. The summed E-state index contributed by atoms with van der Waals surface area (Å²) >= 11 is 1.24. The van der Waals surface area contributed by atoms with E-state index in [1.807, 2.05) is 6.92 Å². The van der Waals surface area contributed by atoms with Crippen LogP contribution < -0.4 is 14.3 Å². The number of fused-ring (bicyclic) bond motifs is 1. The number of thiazole rings is 1. The first kappa shape index (κ1) is 20.4. The summed E-state index contributed by atoms with van der Waals surface area (Å²) in [7, 11) is -0.716. The molecule has 2 aromatic carbocycles. The molecule has 7 nitrogen and oxygen atoms in total. The fourth-order valence-corrected chi connectivity index (χ4v) is 5.17. The van der Waals surface area contributed by atoms with Crippen LogP contribution in [0.3, 0.4) is 0 Å². The summed E-state index contributed by atoms with van der Waals surface area (Å²) in [4.78, 5) is 0.476. The van der Waals surface area contributed by atoms with Gasteiger partial charge in [0.15, 0.2) is 0 Å². The Balaban J connectivity index is 2.27. The van der Waals surface area contributed by atoms with Crippen LogP contribution in [0.5, 0.6) is 11.5 Å². The van der Waals surface area contributed by atoms with Crippen molar-refractivity contribution in [3.63, 3.8) is 0 Å². The lowest BCUT2D eigenvalue weighted by molar-refractivity contribution is 0.139. The molecule has 1 heterocycles. The van der Waals surface area contributed by atoms with E-state index in [4.69, 9.17) is 14.2 Å². The smallest absolute Gasteiger partial charge is 0.285 e. The molecule has 0 unspecified atom stereocenters. The highest BCUT2D eigenvalue weighted by Gasteiger charge is 2.18. The molecule has 150 valence electrons. The zero-order valence-corrected chi connectivity index (χ0v) is 17.5. The second kappa shape index (κ2) is 8.76. The number of hydrogen-bond acceptors (Lipinski definition) is 6. The lowest BCUT2D eigenvalue weighted by Gasteiger charge is -2.10. The molecule has 0 fully saturated rings. The van der Waals surface area contributed by atoms with Gasteiger partial charge in [0.05, 0.1) is 25.7 Å². The summed E-state index contributed by atoms with van der Waals surface area (Å²) in [5.41, 5.74) is 0.730.